The number of H-pyrrole nitrogens is 1. The molecule has 1 aromatic heterocycles. The third-order valence-electron chi connectivity index (χ3n) is 3.84. The number of aromatic nitrogens is 1. The average Bonchev–Trinajstić information content (AvgIpc) is 2.90. The van der Waals surface area contributed by atoms with Gasteiger partial charge >= 0.3 is 0 Å². The Kier molecular flexibility index (Phi) is 3.17. The highest BCUT2D eigenvalue weighted by molar-refractivity contribution is 5.98. The van der Waals surface area contributed by atoms with Crippen molar-refractivity contribution in [2.75, 3.05) is 19.7 Å². The number of hydrogen-bond acceptors (Lipinski definition) is 3. The van der Waals surface area contributed by atoms with E-state index in [9.17, 15) is 9.59 Å². The molecule has 1 atom stereocenters. The van der Waals surface area contributed by atoms with Crippen LogP contribution in [0.15, 0.2) is 30.3 Å². The maximum atomic E-state index is 12.6. The number of nitrogens with two attached hydrogens (primary N) is 1. The number of aromatic amines is 1. The minimum absolute atomic E-state index is 0.151. The Morgan fingerprint density at radius 3 is 2.86 bits per heavy atom. The van der Waals surface area contributed by atoms with Crippen molar-refractivity contribution in [1.82, 2.24) is 9.88 Å². The van der Waals surface area contributed by atoms with Crippen LogP contribution in [0.3, 0.4) is 0 Å². The second kappa shape index (κ2) is 4.89. The van der Waals surface area contributed by atoms with Crippen LogP contribution >= 0.6 is 0 Å². The van der Waals surface area contributed by atoms with Crippen molar-refractivity contribution < 1.29 is 14.3 Å². The van der Waals surface area contributed by atoms with Crippen LogP contribution in [0.4, 0.5) is 0 Å². The highest BCUT2D eigenvalue weighted by Crippen LogP contribution is 2.21. The maximum Gasteiger partial charge on any atom is 0.270 e. The molecule has 1 aromatic carbocycles. The van der Waals surface area contributed by atoms with E-state index in [1.165, 1.54) is 0 Å². The molecule has 0 radical (unpaired) electrons. The van der Waals surface area contributed by atoms with Gasteiger partial charge in [0.1, 0.15) is 5.69 Å². The molecule has 0 spiro atoms. The molecule has 1 aliphatic rings. The van der Waals surface area contributed by atoms with E-state index in [-0.39, 0.29) is 12.5 Å². The molecule has 21 heavy (non-hydrogen) atoms. The third-order valence-corrected chi connectivity index (χ3v) is 3.84. The zero-order valence-corrected chi connectivity index (χ0v) is 11.8. The maximum absolute atomic E-state index is 12.6. The number of amides is 2. The monoisotopic (exact) mass is 287 g/mol. The first-order chi connectivity index (χ1) is 9.99. The summed E-state index contributed by atoms with van der Waals surface area (Å²) in [4.78, 5) is 28.7. The van der Waals surface area contributed by atoms with Gasteiger partial charge < -0.3 is 20.4 Å². The van der Waals surface area contributed by atoms with Crippen LogP contribution in [0.25, 0.3) is 10.9 Å². The van der Waals surface area contributed by atoms with E-state index in [1.807, 2.05) is 30.3 Å². The van der Waals surface area contributed by atoms with Crippen molar-refractivity contribution in [3.05, 3.63) is 36.0 Å². The Balaban J connectivity index is 1.86. The van der Waals surface area contributed by atoms with Crippen molar-refractivity contribution in [2.45, 2.75) is 12.5 Å². The molecule has 1 aliphatic heterocycles. The number of morpholine rings is 1. The van der Waals surface area contributed by atoms with Crippen LogP contribution in [0.1, 0.15) is 17.4 Å². The first-order valence-corrected chi connectivity index (χ1v) is 6.80. The number of nitrogens with zero attached hydrogens (tertiary/aromatic N) is 1. The molecule has 2 heterocycles. The normalized spacial score (nSPS) is 22.4. The molecule has 3 rings (SSSR count). The molecule has 3 N–H and O–H groups in total. The SMILES string of the molecule is C[C@]1(C(N)=O)CN(C(=O)c2cc3ccccc3[nH]2)CCO1. The molecule has 6 nitrogen and oxygen atoms in total. The summed E-state index contributed by atoms with van der Waals surface area (Å²) in [6, 6.07) is 9.50. The Bertz CT molecular complexity index is 676. The Hall–Kier alpha value is -2.34. The van der Waals surface area contributed by atoms with E-state index >= 15 is 0 Å². The van der Waals surface area contributed by atoms with Gasteiger partial charge in [0.2, 0.25) is 0 Å². The van der Waals surface area contributed by atoms with E-state index in [0.717, 1.165) is 10.9 Å². The van der Waals surface area contributed by atoms with Gasteiger partial charge in [0, 0.05) is 17.4 Å². The van der Waals surface area contributed by atoms with Gasteiger partial charge in [-0.1, -0.05) is 18.2 Å². The van der Waals surface area contributed by atoms with Crippen LogP contribution in [0.5, 0.6) is 0 Å². The molecule has 1 saturated heterocycles. The number of fused-ring (bicyclic) bond motifs is 1. The second-order valence-corrected chi connectivity index (χ2v) is 5.44. The number of carbonyl (C=O) groups is 2. The lowest BCUT2D eigenvalue weighted by Crippen LogP contribution is -2.58. The molecule has 0 saturated carbocycles. The molecule has 110 valence electrons. The summed E-state index contributed by atoms with van der Waals surface area (Å²) in [5.41, 5.74) is 5.64. The molecule has 0 aliphatic carbocycles. The van der Waals surface area contributed by atoms with Crippen LogP contribution in [-0.2, 0) is 9.53 Å². The van der Waals surface area contributed by atoms with E-state index in [4.69, 9.17) is 10.5 Å². The lowest BCUT2D eigenvalue weighted by Gasteiger charge is -2.38. The number of primary amides is 1. The van der Waals surface area contributed by atoms with Gasteiger partial charge in [0.15, 0.2) is 5.60 Å². The minimum Gasteiger partial charge on any atom is -0.367 e. The fourth-order valence-electron chi connectivity index (χ4n) is 2.55. The first kappa shape index (κ1) is 13.6. The predicted molar refractivity (Wildman–Crippen MR) is 77.8 cm³/mol. The Morgan fingerprint density at radius 2 is 2.14 bits per heavy atom. The van der Waals surface area contributed by atoms with Gasteiger partial charge in [0.25, 0.3) is 11.8 Å². The largest absolute Gasteiger partial charge is 0.367 e. The fourth-order valence-corrected chi connectivity index (χ4v) is 2.55. The first-order valence-electron chi connectivity index (χ1n) is 6.80. The molecular formula is C15H17N3O3. The number of hydrogen-bond donors (Lipinski definition) is 2. The second-order valence-electron chi connectivity index (χ2n) is 5.44. The number of carbonyl (C=O) groups excluding carboxylic acids is 2. The van der Waals surface area contributed by atoms with Gasteiger partial charge in [-0.05, 0) is 19.1 Å². The van der Waals surface area contributed by atoms with Gasteiger partial charge in [0.05, 0.1) is 13.2 Å². The lowest BCUT2D eigenvalue weighted by molar-refractivity contribution is -0.150. The summed E-state index contributed by atoms with van der Waals surface area (Å²) in [7, 11) is 0. The quantitative estimate of drug-likeness (QED) is 0.859. The summed E-state index contributed by atoms with van der Waals surface area (Å²) in [6.07, 6.45) is 0. The predicted octanol–water partition coefficient (Wildman–Crippen LogP) is 0.884. The number of rotatable bonds is 2. The molecule has 1 fully saturated rings. The van der Waals surface area contributed by atoms with E-state index in [2.05, 4.69) is 4.98 Å². The van der Waals surface area contributed by atoms with Crippen molar-refractivity contribution in [3.63, 3.8) is 0 Å². The molecule has 6 heteroatoms. The van der Waals surface area contributed by atoms with Crippen LogP contribution in [0.2, 0.25) is 0 Å². The average molecular weight is 287 g/mol. The number of nitrogens with one attached hydrogen (secondary N) is 1. The van der Waals surface area contributed by atoms with Crippen molar-refractivity contribution in [1.29, 1.82) is 0 Å². The Morgan fingerprint density at radius 1 is 1.38 bits per heavy atom. The molecular weight excluding hydrogens is 270 g/mol. The zero-order valence-electron chi connectivity index (χ0n) is 11.8. The van der Waals surface area contributed by atoms with Crippen LogP contribution in [-0.4, -0.2) is 47.0 Å². The highest BCUT2D eigenvalue weighted by Gasteiger charge is 2.39. The summed E-state index contributed by atoms with van der Waals surface area (Å²) < 4.78 is 5.42. The summed E-state index contributed by atoms with van der Waals surface area (Å²) >= 11 is 0. The molecule has 0 bridgehead atoms. The number of para-hydroxylation sites is 1. The summed E-state index contributed by atoms with van der Waals surface area (Å²) in [6.45, 7) is 2.51. The summed E-state index contributed by atoms with van der Waals surface area (Å²) in [5.74, 6) is -0.710. The van der Waals surface area contributed by atoms with E-state index in [0.29, 0.717) is 18.8 Å². The highest BCUT2D eigenvalue weighted by atomic mass is 16.5. The molecule has 2 aromatic rings. The van der Waals surface area contributed by atoms with E-state index < -0.39 is 11.5 Å². The van der Waals surface area contributed by atoms with Gasteiger partial charge in [-0.15, -0.1) is 0 Å². The zero-order chi connectivity index (χ0) is 15.0. The van der Waals surface area contributed by atoms with Gasteiger partial charge in [-0.25, -0.2) is 0 Å². The number of ether oxygens (including phenoxy) is 1. The van der Waals surface area contributed by atoms with Crippen molar-refractivity contribution in [2.24, 2.45) is 5.73 Å². The topological polar surface area (TPSA) is 88.4 Å². The van der Waals surface area contributed by atoms with Crippen LogP contribution in [0, 0.1) is 0 Å². The van der Waals surface area contributed by atoms with E-state index in [1.54, 1.807) is 11.8 Å². The fraction of sp³-hybridized carbons (Fsp3) is 0.333. The molecule has 0 unspecified atom stereocenters. The van der Waals surface area contributed by atoms with Crippen molar-refractivity contribution in [3.8, 4) is 0 Å². The van der Waals surface area contributed by atoms with Gasteiger partial charge in [-0.2, -0.15) is 0 Å². The smallest absolute Gasteiger partial charge is 0.270 e. The minimum atomic E-state index is -1.13. The Labute approximate surface area is 121 Å². The third kappa shape index (κ3) is 2.38. The van der Waals surface area contributed by atoms with Gasteiger partial charge in [-0.3, -0.25) is 9.59 Å². The summed E-state index contributed by atoms with van der Waals surface area (Å²) in [5, 5.41) is 0.978. The lowest BCUT2D eigenvalue weighted by atomic mass is 10.0. The van der Waals surface area contributed by atoms with Crippen molar-refractivity contribution >= 4 is 22.7 Å². The standard InChI is InChI=1S/C15H17N3O3/c1-15(14(16)20)9-18(6-7-21-15)13(19)12-8-10-4-2-3-5-11(10)17-12/h2-5,8,17H,6-7,9H2,1H3,(H2,16,20)/t15-/m1/s1. The van der Waals surface area contributed by atoms with Crippen LogP contribution < -0.4 is 5.73 Å². The molecule has 2 amide bonds. The number of benzene rings is 1.